The molecule has 0 aliphatic heterocycles. The van der Waals surface area contributed by atoms with Crippen LogP contribution < -0.4 is 5.32 Å². The zero-order valence-electron chi connectivity index (χ0n) is 9.34. The Morgan fingerprint density at radius 2 is 2.07 bits per heavy atom. The Labute approximate surface area is 87.5 Å². The van der Waals surface area contributed by atoms with Crippen molar-refractivity contribution >= 4 is 9.84 Å². The van der Waals surface area contributed by atoms with Gasteiger partial charge in [-0.3, -0.25) is 0 Å². The number of rotatable bonds is 7. The normalized spacial score (nSPS) is 13.9. The number of allylic oxidation sites excluding steroid dienone is 1. The van der Waals surface area contributed by atoms with Crippen LogP contribution in [0.5, 0.6) is 0 Å². The summed E-state index contributed by atoms with van der Waals surface area (Å²) in [5.41, 5.74) is 1.10. The van der Waals surface area contributed by atoms with E-state index in [4.69, 9.17) is 0 Å². The molecular weight excluding hydrogens is 198 g/mol. The minimum atomic E-state index is -2.89. The summed E-state index contributed by atoms with van der Waals surface area (Å²) in [6.45, 7) is 8.55. The Morgan fingerprint density at radius 3 is 2.43 bits per heavy atom. The zero-order chi connectivity index (χ0) is 11.2. The maximum atomic E-state index is 11.1. The fourth-order valence-electron chi connectivity index (χ4n) is 1.32. The minimum Gasteiger partial charge on any atom is -0.313 e. The van der Waals surface area contributed by atoms with E-state index in [-0.39, 0.29) is 11.8 Å². The van der Waals surface area contributed by atoms with Crippen molar-refractivity contribution in [1.29, 1.82) is 0 Å². The summed E-state index contributed by atoms with van der Waals surface area (Å²) in [6.07, 6.45) is 3.00. The number of hydrogen-bond acceptors (Lipinski definition) is 3. The molecule has 14 heavy (non-hydrogen) atoms. The van der Waals surface area contributed by atoms with Crippen LogP contribution in [0.3, 0.4) is 0 Å². The Morgan fingerprint density at radius 1 is 1.50 bits per heavy atom. The van der Waals surface area contributed by atoms with E-state index in [9.17, 15) is 8.42 Å². The van der Waals surface area contributed by atoms with Crippen LogP contribution in [0.4, 0.5) is 0 Å². The van der Waals surface area contributed by atoms with Crippen LogP contribution >= 0.6 is 0 Å². The van der Waals surface area contributed by atoms with Crippen molar-refractivity contribution in [1.82, 2.24) is 5.32 Å². The highest BCUT2D eigenvalue weighted by Crippen LogP contribution is 2.06. The van der Waals surface area contributed by atoms with E-state index in [1.165, 1.54) is 6.26 Å². The van der Waals surface area contributed by atoms with Gasteiger partial charge in [-0.05, 0) is 26.3 Å². The first-order valence-electron chi connectivity index (χ1n) is 4.90. The van der Waals surface area contributed by atoms with Gasteiger partial charge in [0.2, 0.25) is 0 Å². The monoisotopic (exact) mass is 219 g/mol. The molecule has 1 N–H and O–H groups in total. The van der Waals surface area contributed by atoms with Gasteiger partial charge in [0, 0.05) is 12.3 Å². The van der Waals surface area contributed by atoms with E-state index in [1.54, 1.807) is 0 Å². The van der Waals surface area contributed by atoms with Crippen molar-refractivity contribution in [2.45, 2.75) is 32.7 Å². The second-order valence-corrected chi connectivity index (χ2v) is 6.03. The molecule has 0 rings (SSSR count). The van der Waals surface area contributed by atoms with Crippen LogP contribution in [-0.4, -0.2) is 33.0 Å². The topological polar surface area (TPSA) is 46.2 Å². The van der Waals surface area contributed by atoms with E-state index >= 15 is 0 Å². The van der Waals surface area contributed by atoms with Crippen molar-refractivity contribution in [2.75, 3.05) is 18.6 Å². The number of sulfone groups is 1. The van der Waals surface area contributed by atoms with Crippen LogP contribution in [0.2, 0.25) is 0 Å². The second-order valence-electron chi connectivity index (χ2n) is 3.84. The summed E-state index contributed by atoms with van der Waals surface area (Å²) in [6, 6.07) is 0.0618. The Kier molecular flexibility index (Phi) is 6.04. The molecular formula is C10H21NO2S. The quantitative estimate of drug-likeness (QED) is 0.658. The van der Waals surface area contributed by atoms with E-state index in [2.05, 4.69) is 11.9 Å². The summed E-state index contributed by atoms with van der Waals surface area (Å²) in [7, 11) is -2.89. The van der Waals surface area contributed by atoms with Crippen molar-refractivity contribution < 1.29 is 8.42 Å². The third kappa shape index (κ3) is 8.26. The fraction of sp³-hybridized carbons (Fsp3) is 0.800. The predicted octanol–water partition coefficient (Wildman–Crippen LogP) is 1.37. The molecule has 0 saturated carbocycles. The molecule has 0 aromatic rings. The first-order chi connectivity index (χ1) is 6.35. The predicted molar refractivity (Wildman–Crippen MR) is 61.2 cm³/mol. The van der Waals surface area contributed by atoms with Gasteiger partial charge < -0.3 is 5.32 Å². The molecule has 0 aliphatic rings. The lowest BCUT2D eigenvalue weighted by Crippen LogP contribution is -2.35. The first kappa shape index (κ1) is 13.7. The lowest BCUT2D eigenvalue weighted by Gasteiger charge is -2.16. The Bertz CT molecular complexity index is 270. The summed E-state index contributed by atoms with van der Waals surface area (Å²) in [5.74, 6) is 0.216. The Hall–Kier alpha value is -0.350. The maximum Gasteiger partial charge on any atom is 0.148 e. The van der Waals surface area contributed by atoms with Gasteiger partial charge >= 0.3 is 0 Å². The highest BCUT2D eigenvalue weighted by atomic mass is 32.2. The summed E-state index contributed by atoms with van der Waals surface area (Å²) >= 11 is 0. The zero-order valence-corrected chi connectivity index (χ0v) is 10.2. The van der Waals surface area contributed by atoms with Gasteiger partial charge in [-0.15, -0.1) is 6.58 Å². The summed E-state index contributed by atoms with van der Waals surface area (Å²) < 4.78 is 22.2. The maximum absolute atomic E-state index is 11.1. The molecule has 84 valence electrons. The number of nitrogens with one attached hydrogen (secondary N) is 1. The SMILES string of the molecule is C=C(C)CCC(CS(C)(=O)=O)NCC. The van der Waals surface area contributed by atoms with Gasteiger partial charge in [-0.2, -0.15) is 0 Å². The standard InChI is InChI=1S/C10H21NO2S/c1-5-11-10(7-6-9(2)3)8-14(4,12)13/h10-11H,2,5-8H2,1,3-4H3. The molecule has 0 aromatic heterocycles. The third-order valence-corrected chi connectivity index (χ3v) is 2.92. The average molecular weight is 219 g/mol. The molecule has 0 fully saturated rings. The van der Waals surface area contributed by atoms with Crippen molar-refractivity contribution in [3.63, 3.8) is 0 Å². The van der Waals surface area contributed by atoms with Gasteiger partial charge in [0.15, 0.2) is 0 Å². The van der Waals surface area contributed by atoms with Crippen LogP contribution in [0, 0.1) is 0 Å². The van der Waals surface area contributed by atoms with Gasteiger partial charge in [-0.25, -0.2) is 8.42 Å². The lowest BCUT2D eigenvalue weighted by atomic mass is 10.1. The molecule has 0 aromatic carbocycles. The largest absolute Gasteiger partial charge is 0.313 e. The summed E-state index contributed by atoms with van der Waals surface area (Å²) in [4.78, 5) is 0. The molecule has 0 heterocycles. The Balaban J connectivity index is 4.08. The van der Waals surface area contributed by atoms with Gasteiger partial charge in [0.25, 0.3) is 0 Å². The smallest absolute Gasteiger partial charge is 0.148 e. The van der Waals surface area contributed by atoms with Gasteiger partial charge in [0.1, 0.15) is 9.84 Å². The minimum absolute atomic E-state index is 0.0618. The molecule has 0 amide bonds. The second kappa shape index (κ2) is 6.19. The van der Waals surface area contributed by atoms with Crippen molar-refractivity contribution in [2.24, 2.45) is 0 Å². The molecule has 1 unspecified atom stereocenters. The van der Waals surface area contributed by atoms with Crippen LogP contribution in [-0.2, 0) is 9.84 Å². The molecule has 0 aliphatic carbocycles. The van der Waals surface area contributed by atoms with Crippen LogP contribution in [0.1, 0.15) is 26.7 Å². The molecule has 0 radical (unpaired) electrons. The molecule has 1 atom stereocenters. The summed E-state index contributed by atoms with van der Waals surface area (Å²) in [5, 5.41) is 3.17. The van der Waals surface area contributed by atoms with Gasteiger partial charge in [0.05, 0.1) is 5.75 Å². The van der Waals surface area contributed by atoms with Crippen molar-refractivity contribution in [3.05, 3.63) is 12.2 Å². The van der Waals surface area contributed by atoms with E-state index in [1.807, 2.05) is 13.8 Å². The van der Waals surface area contributed by atoms with E-state index in [0.29, 0.717) is 0 Å². The first-order valence-corrected chi connectivity index (χ1v) is 6.96. The average Bonchev–Trinajstić information content (AvgIpc) is 1.98. The third-order valence-electron chi connectivity index (χ3n) is 1.92. The highest BCUT2D eigenvalue weighted by molar-refractivity contribution is 7.90. The van der Waals surface area contributed by atoms with Crippen molar-refractivity contribution in [3.8, 4) is 0 Å². The molecule has 0 bridgehead atoms. The van der Waals surface area contributed by atoms with Crippen LogP contribution in [0.15, 0.2) is 12.2 Å². The number of hydrogen-bond donors (Lipinski definition) is 1. The molecule has 0 spiro atoms. The van der Waals surface area contributed by atoms with E-state index < -0.39 is 9.84 Å². The van der Waals surface area contributed by atoms with E-state index in [0.717, 1.165) is 25.0 Å². The molecule has 3 nitrogen and oxygen atoms in total. The van der Waals surface area contributed by atoms with Crippen LogP contribution in [0.25, 0.3) is 0 Å². The lowest BCUT2D eigenvalue weighted by molar-refractivity contribution is 0.519. The van der Waals surface area contributed by atoms with Gasteiger partial charge in [-0.1, -0.05) is 12.5 Å². The molecule has 4 heteroatoms. The highest BCUT2D eigenvalue weighted by Gasteiger charge is 2.13. The fourth-order valence-corrected chi connectivity index (χ4v) is 2.33. The molecule has 0 saturated heterocycles.